The lowest BCUT2D eigenvalue weighted by Crippen LogP contribution is -2.40. The highest BCUT2D eigenvalue weighted by atomic mass is 32.2. The molecule has 2 aromatic carbocycles. The number of sulfonamides is 1. The van der Waals surface area contributed by atoms with Gasteiger partial charge in [-0.2, -0.15) is 0 Å². The summed E-state index contributed by atoms with van der Waals surface area (Å²) in [6.45, 7) is 2.59. The number of anilines is 1. The van der Waals surface area contributed by atoms with Gasteiger partial charge in [-0.05, 0) is 50.1 Å². The Morgan fingerprint density at radius 3 is 2.71 bits per heavy atom. The third-order valence-corrected chi connectivity index (χ3v) is 6.00. The van der Waals surface area contributed by atoms with Crippen LogP contribution in [0.5, 0.6) is 5.75 Å². The van der Waals surface area contributed by atoms with E-state index in [0.29, 0.717) is 18.0 Å². The molecule has 3 rings (SSSR count). The Labute approximate surface area is 165 Å². The zero-order valence-corrected chi connectivity index (χ0v) is 16.7. The summed E-state index contributed by atoms with van der Waals surface area (Å²) in [6, 6.07) is 12.5. The van der Waals surface area contributed by atoms with Gasteiger partial charge < -0.3 is 14.8 Å². The van der Waals surface area contributed by atoms with E-state index < -0.39 is 10.0 Å². The minimum atomic E-state index is -3.88. The maximum atomic E-state index is 12.8. The molecule has 2 unspecified atom stereocenters. The first-order valence-electron chi connectivity index (χ1n) is 9.09. The van der Waals surface area contributed by atoms with Gasteiger partial charge in [-0.3, -0.25) is 9.52 Å². The van der Waals surface area contributed by atoms with Crippen molar-refractivity contribution in [1.82, 2.24) is 5.32 Å². The summed E-state index contributed by atoms with van der Waals surface area (Å²) in [4.78, 5) is 12.5. The molecule has 150 valence electrons. The van der Waals surface area contributed by atoms with Crippen molar-refractivity contribution in [2.45, 2.75) is 36.8 Å². The van der Waals surface area contributed by atoms with Crippen molar-refractivity contribution < 1.29 is 22.7 Å². The van der Waals surface area contributed by atoms with Crippen molar-refractivity contribution in [2.75, 3.05) is 18.4 Å². The lowest BCUT2D eigenvalue weighted by molar-refractivity contribution is 0.0712. The summed E-state index contributed by atoms with van der Waals surface area (Å²) >= 11 is 0. The number of carbonyl (C=O) groups is 1. The van der Waals surface area contributed by atoms with Gasteiger partial charge in [0.1, 0.15) is 5.75 Å². The van der Waals surface area contributed by atoms with E-state index in [1.165, 1.54) is 19.2 Å². The SMILES string of the molecule is COc1ccccc1NS(=O)(=O)c1cccc(C(=O)NC(C)C2CCCO2)c1. The van der Waals surface area contributed by atoms with Gasteiger partial charge in [0, 0.05) is 12.2 Å². The first kappa shape index (κ1) is 20.2. The van der Waals surface area contributed by atoms with Crippen LogP contribution in [-0.4, -0.2) is 40.2 Å². The summed E-state index contributed by atoms with van der Waals surface area (Å²) in [5, 5.41) is 2.89. The number of para-hydroxylation sites is 2. The molecule has 0 radical (unpaired) electrons. The van der Waals surface area contributed by atoms with Crippen LogP contribution in [-0.2, 0) is 14.8 Å². The summed E-state index contributed by atoms with van der Waals surface area (Å²) in [5.41, 5.74) is 0.597. The van der Waals surface area contributed by atoms with Crippen molar-refractivity contribution in [3.8, 4) is 5.75 Å². The van der Waals surface area contributed by atoms with Crippen LogP contribution in [0.1, 0.15) is 30.1 Å². The molecule has 1 aliphatic heterocycles. The van der Waals surface area contributed by atoms with Crippen LogP contribution >= 0.6 is 0 Å². The lowest BCUT2D eigenvalue weighted by atomic mass is 10.1. The Morgan fingerprint density at radius 2 is 2.00 bits per heavy atom. The molecule has 0 spiro atoms. The highest BCUT2D eigenvalue weighted by molar-refractivity contribution is 7.92. The molecule has 8 heteroatoms. The molecule has 2 aromatic rings. The minimum absolute atomic E-state index is 0.00387. The van der Waals surface area contributed by atoms with E-state index in [4.69, 9.17) is 9.47 Å². The smallest absolute Gasteiger partial charge is 0.262 e. The van der Waals surface area contributed by atoms with E-state index >= 15 is 0 Å². The molecule has 1 aliphatic rings. The first-order chi connectivity index (χ1) is 13.4. The fourth-order valence-electron chi connectivity index (χ4n) is 3.12. The van der Waals surface area contributed by atoms with Gasteiger partial charge in [-0.1, -0.05) is 18.2 Å². The normalized spacial score (nSPS) is 17.7. The topological polar surface area (TPSA) is 93.7 Å². The zero-order valence-electron chi connectivity index (χ0n) is 15.8. The second-order valence-electron chi connectivity index (χ2n) is 6.65. The number of carbonyl (C=O) groups excluding carboxylic acids is 1. The van der Waals surface area contributed by atoms with Crippen LogP contribution in [0, 0.1) is 0 Å². The van der Waals surface area contributed by atoms with E-state index in [2.05, 4.69) is 10.0 Å². The average molecular weight is 404 g/mol. The number of rotatable bonds is 7. The van der Waals surface area contributed by atoms with Crippen LogP contribution in [0.2, 0.25) is 0 Å². The number of hydrogen-bond acceptors (Lipinski definition) is 5. The summed E-state index contributed by atoms with van der Waals surface area (Å²) in [5.74, 6) is 0.0719. The second kappa shape index (κ2) is 8.62. The summed E-state index contributed by atoms with van der Waals surface area (Å²) < 4.78 is 38.8. The van der Waals surface area contributed by atoms with Gasteiger partial charge in [0.2, 0.25) is 0 Å². The number of amides is 1. The molecule has 2 N–H and O–H groups in total. The lowest BCUT2D eigenvalue weighted by Gasteiger charge is -2.20. The van der Waals surface area contributed by atoms with Crippen LogP contribution in [0.15, 0.2) is 53.4 Å². The summed E-state index contributed by atoms with van der Waals surface area (Å²) in [7, 11) is -2.42. The highest BCUT2D eigenvalue weighted by Crippen LogP contribution is 2.26. The van der Waals surface area contributed by atoms with Crippen LogP contribution < -0.4 is 14.8 Å². The fraction of sp³-hybridized carbons (Fsp3) is 0.350. The quantitative estimate of drug-likeness (QED) is 0.740. The van der Waals surface area contributed by atoms with Crippen molar-refractivity contribution >= 4 is 21.6 Å². The van der Waals surface area contributed by atoms with E-state index in [1.54, 1.807) is 36.4 Å². The summed E-state index contributed by atoms with van der Waals surface area (Å²) in [6.07, 6.45) is 1.87. The number of benzene rings is 2. The predicted molar refractivity (Wildman–Crippen MR) is 106 cm³/mol. The second-order valence-corrected chi connectivity index (χ2v) is 8.33. The molecule has 1 amide bonds. The van der Waals surface area contributed by atoms with E-state index in [9.17, 15) is 13.2 Å². The minimum Gasteiger partial charge on any atom is -0.495 e. The van der Waals surface area contributed by atoms with Gasteiger partial charge in [0.05, 0.1) is 29.8 Å². The maximum absolute atomic E-state index is 12.8. The fourth-order valence-corrected chi connectivity index (χ4v) is 4.23. The van der Waals surface area contributed by atoms with Gasteiger partial charge in [-0.15, -0.1) is 0 Å². The predicted octanol–water partition coefficient (Wildman–Crippen LogP) is 2.79. The molecule has 7 nitrogen and oxygen atoms in total. The van der Waals surface area contributed by atoms with E-state index in [-0.39, 0.29) is 28.5 Å². The monoisotopic (exact) mass is 404 g/mol. The van der Waals surface area contributed by atoms with Crippen molar-refractivity contribution in [1.29, 1.82) is 0 Å². The Morgan fingerprint density at radius 1 is 1.21 bits per heavy atom. The van der Waals surface area contributed by atoms with E-state index in [1.807, 2.05) is 6.92 Å². The molecule has 2 atom stereocenters. The molecule has 0 aromatic heterocycles. The Hall–Kier alpha value is -2.58. The van der Waals surface area contributed by atoms with Crippen molar-refractivity contribution in [2.24, 2.45) is 0 Å². The van der Waals surface area contributed by atoms with Crippen LogP contribution in [0.3, 0.4) is 0 Å². The van der Waals surface area contributed by atoms with Gasteiger partial charge in [-0.25, -0.2) is 8.42 Å². The Kier molecular flexibility index (Phi) is 6.21. The number of hydrogen-bond donors (Lipinski definition) is 2. The Balaban J connectivity index is 1.76. The number of nitrogens with one attached hydrogen (secondary N) is 2. The molecule has 1 heterocycles. The molecular formula is C20H24N2O5S. The van der Waals surface area contributed by atoms with Crippen molar-refractivity contribution in [3.63, 3.8) is 0 Å². The van der Waals surface area contributed by atoms with Crippen LogP contribution in [0.4, 0.5) is 5.69 Å². The maximum Gasteiger partial charge on any atom is 0.262 e. The molecule has 1 saturated heterocycles. The molecule has 28 heavy (non-hydrogen) atoms. The molecular weight excluding hydrogens is 380 g/mol. The number of methoxy groups -OCH3 is 1. The van der Waals surface area contributed by atoms with Gasteiger partial charge in [0.25, 0.3) is 15.9 Å². The Bertz CT molecular complexity index is 939. The van der Waals surface area contributed by atoms with E-state index in [0.717, 1.165) is 12.8 Å². The van der Waals surface area contributed by atoms with Gasteiger partial charge in [0.15, 0.2) is 0 Å². The highest BCUT2D eigenvalue weighted by Gasteiger charge is 2.24. The molecule has 0 saturated carbocycles. The molecule has 0 aliphatic carbocycles. The third kappa shape index (κ3) is 4.63. The molecule has 0 bridgehead atoms. The molecule has 1 fully saturated rings. The zero-order chi connectivity index (χ0) is 20.1. The number of ether oxygens (including phenoxy) is 2. The van der Waals surface area contributed by atoms with Crippen LogP contribution in [0.25, 0.3) is 0 Å². The average Bonchev–Trinajstić information content (AvgIpc) is 3.23. The van der Waals surface area contributed by atoms with Gasteiger partial charge >= 0.3 is 0 Å². The third-order valence-electron chi connectivity index (χ3n) is 4.64. The van der Waals surface area contributed by atoms with Crippen molar-refractivity contribution in [3.05, 3.63) is 54.1 Å². The largest absolute Gasteiger partial charge is 0.495 e. The standard InChI is InChI=1S/C20H24N2O5S/c1-14(18-11-6-12-27-18)21-20(23)15-7-5-8-16(13-15)28(24,25)22-17-9-3-4-10-19(17)26-2/h3-5,7-10,13-14,18,22H,6,11-12H2,1-2H3,(H,21,23). The first-order valence-corrected chi connectivity index (χ1v) is 10.6.